The number of piperidine rings is 1. The molecule has 176 valence electrons. The second kappa shape index (κ2) is 9.64. The van der Waals surface area contributed by atoms with Crippen molar-refractivity contribution < 1.29 is 19.1 Å². The molecule has 0 aromatic heterocycles. The Bertz CT molecular complexity index is 997. The number of aromatic carboxylic acids is 1. The molecule has 2 heterocycles. The molecule has 0 unspecified atom stereocenters. The van der Waals surface area contributed by atoms with Crippen molar-refractivity contribution in [1.82, 2.24) is 9.80 Å². The number of amides is 1. The molecule has 0 radical (unpaired) electrons. The summed E-state index contributed by atoms with van der Waals surface area (Å²) in [6.45, 7) is 7.37. The molecular weight excluding hydrogens is 419 g/mol. The summed E-state index contributed by atoms with van der Waals surface area (Å²) in [6.07, 6.45) is 3.24. The SMILES string of the molecule is CC(C)CN1C(=O)C2(CCN(Cc3cccc(C(=O)O)c3)CC2)C[C@@H]1Cc1ccc(F)cc1. The number of likely N-dealkylation sites (tertiary alicyclic amines) is 2. The maximum absolute atomic E-state index is 13.6. The summed E-state index contributed by atoms with van der Waals surface area (Å²) in [5.74, 6) is -0.487. The largest absolute Gasteiger partial charge is 0.478 e. The lowest BCUT2D eigenvalue weighted by Gasteiger charge is -2.38. The number of benzene rings is 2. The highest BCUT2D eigenvalue weighted by Crippen LogP contribution is 2.45. The molecule has 4 rings (SSSR count). The molecule has 0 aliphatic carbocycles. The van der Waals surface area contributed by atoms with Crippen LogP contribution in [0.4, 0.5) is 4.39 Å². The molecule has 2 aromatic rings. The molecule has 2 fully saturated rings. The van der Waals surface area contributed by atoms with Crippen molar-refractivity contribution >= 4 is 11.9 Å². The molecule has 1 N–H and O–H groups in total. The van der Waals surface area contributed by atoms with Crippen molar-refractivity contribution in [1.29, 1.82) is 0 Å². The third-order valence-electron chi connectivity index (χ3n) is 7.12. The summed E-state index contributed by atoms with van der Waals surface area (Å²) >= 11 is 0. The normalized spacial score (nSPS) is 20.7. The van der Waals surface area contributed by atoms with Gasteiger partial charge in [-0.15, -0.1) is 0 Å². The van der Waals surface area contributed by atoms with E-state index in [9.17, 15) is 19.1 Å². The van der Waals surface area contributed by atoms with Gasteiger partial charge in [-0.1, -0.05) is 38.1 Å². The van der Waals surface area contributed by atoms with Gasteiger partial charge in [0.1, 0.15) is 5.82 Å². The van der Waals surface area contributed by atoms with Gasteiger partial charge < -0.3 is 10.0 Å². The van der Waals surface area contributed by atoms with Crippen molar-refractivity contribution in [2.24, 2.45) is 11.3 Å². The summed E-state index contributed by atoms with van der Waals surface area (Å²) < 4.78 is 13.4. The number of carbonyl (C=O) groups is 2. The first-order valence-electron chi connectivity index (χ1n) is 11.9. The number of hydrogen-bond acceptors (Lipinski definition) is 3. The summed E-state index contributed by atoms with van der Waals surface area (Å²) in [7, 11) is 0. The Balaban J connectivity index is 1.44. The molecule has 2 aliphatic heterocycles. The first-order chi connectivity index (χ1) is 15.8. The summed E-state index contributed by atoms with van der Waals surface area (Å²) in [5, 5.41) is 9.24. The molecule has 6 heteroatoms. The van der Waals surface area contributed by atoms with Gasteiger partial charge in [-0.05, 0) is 80.1 Å². The lowest BCUT2D eigenvalue weighted by molar-refractivity contribution is -0.139. The molecule has 0 bridgehead atoms. The standard InChI is InChI=1S/C27H33FN2O3/c1-19(2)17-30-24(15-20-6-8-23(28)9-7-20)16-27(26(30)33)10-12-29(13-11-27)18-21-4-3-5-22(14-21)25(31)32/h3-9,14,19,24H,10-13,15-18H2,1-2H3,(H,31,32)/t24-/m0/s1. The van der Waals surface area contributed by atoms with Crippen molar-refractivity contribution in [2.45, 2.75) is 52.1 Å². The van der Waals surface area contributed by atoms with E-state index in [-0.39, 0.29) is 23.2 Å². The average molecular weight is 453 g/mol. The van der Waals surface area contributed by atoms with Gasteiger partial charge in [-0.3, -0.25) is 9.69 Å². The minimum absolute atomic E-state index is 0.143. The predicted molar refractivity (Wildman–Crippen MR) is 125 cm³/mol. The maximum Gasteiger partial charge on any atom is 0.335 e. The zero-order valence-electron chi connectivity index (χ0n) is 19.5. The second-order valence-electron chi connectivity index (χ2n) is 10.1. The van der Waals surface area contributed by atoms with Gasteiger partial charge in [0.25, 0.3) is 0 Å². The smallest absolute Gasteiger partial charge is 0.335 e. The van der Waals surface area contributed by atoms with Gasteiger partial charge >= 0.3 is 5.97 Å². The van der Waals surface area contributed by atoms with Gasteiger partial charge in [0.15, 0.2) is 0 Å². The fourth-order valence-electron chi connectivity index (χ4n) is 5.44. The zero-order chi connectivity index (χ0) is 23.6. The van der Waals surface area contributed by atoms with Gasteiger partial charge in [0, 0.05) is 19.1 Å². The predicted octanol–water partition coefficient (Wildman–Crippen LogP) is 4.61. The number of rotatable bonds is 7. The van der Waals surface area contributed by atoms with Crippen molar-refractivity contribution in [3.8, 4) is 0 Å². The van der Waals surface area contributed by atoms with E-state index >= 15 is 0 Å². The highest BCUT2D eigenvalue weighted by Gasteiger charge is 2.52. The summed E-state index contributed by atoms with van der Waals surface area (Å²) in [4.78, 5) is 29.3. The first kappa shape index (κ1) is 23.4. The molecule has 0 saturated carbocycles. The van der Waals surface area contributed by atoms with E-state index in [4.69, 9.17) is 0 Å². The number of halogens is 1. The zero-order valence-corrected chi connectivity index (χ0v) is 19.5. The van der Waals surface area contributed by atoms with Crippen LogP contribution in [0.25, 0.3) is 0 Å². The molecule has 2 aliphatic rings. The van der Waals surface area contributed by atoms with Crippen LogP contribution in [-0.4, -0.2) is 52.5 Å². The van der Waals surface area contributed by atoms with Crippen LogP contribution >= 0.6 is 0 Å². The van der Waals surface area contributed by atoms with Crippen LogP contribution in [0.1, 0.15) is 54.6 Å². The van der Waals surface area contributed by atoms with E-state index < -0.39 is 5.97 Å². The summed E-state index contributed by atoms with van der Waals surface area (Å²) in [6, 6.07) is 13.9. The van der Waals surface area contributed by atoms with Crippen LogP contribution in [0.5, 0.6) is 0 Å². The van der Waals surface area contributed by atoms with E-state index in [0.29, 0.717) is 18.0 Å². The van der Waals surface area contributed by atoms with E-state index in [1.54, 1.807) is 18.2 Å². The molecular formula is C27H33FN2O3. The number of hydrogen-bond donors (Lipinski definition) is 1. The monoisotopic (exact) mass is 452 g/mol. The van der Waals surface area contributed by atoms with Gasteiger partial charge in [0.05, 0.1) is 11.0 Å². The lowest BCUT2D eigenvalue weighted by Crippen LogP contribution is -2.45. The van der Waals surface area contributed by atoms with Gasteiger partial charge in [0.2, 0.25) is 5.91 Å². The Morgan fingerprint density at radius 3 is 2.45 bits per heavy atom. The van der Waals surface area contributed by atoms with Crippen LogP contribution in [0.2, 0.25) is 0 Å². The Hall–Kier alpha value is -2.73. The maximum atomic E-state index is 13.6. The molecule has 1 spiro atoms. The molecule has 1 amide bonds. The Morgan fingerprint density at radius 1 is 1.12 bits per heavy atom. The topological polar surface area (TPSA) is 60.9 Å². The van der Waals surface area contributed by atoms with Crippen molar-refractivity contribution in [3.05, 3.63) is 71.0 Å². The fourth-order valence-corrected chi connectivity index (χ4v) is 5.44. The third-order valence-corrected chi connectivity index (χ3v) is 7.12. The highest BCUT2D eigenvalue weighted by atomic mass is 19.1. The van der Waals surface area contributed by atoms with E-state index in [0.717, 1.165) is 56.4 Å². The van der Waals surface area contributed by atoms with Gasteiger partial charge in [-0.2, -0.15) is 0 Å². The number of carboxylic acid groups (broad SMARTS) is 1. The highest BCUT2D eigenvalue weighted by molar-refractivity contribution is 5.87. The van der Waals surface area contributed by atoms with Crippen LogP contribution in [0, 0.1) is 17.2 Å². The van der Waals surface area contributed by atoms with E-state index in [2.05, 4.69) is 23.6 Å². The molecule has 2 saturated heterocycles. The molecule has 33 heavy (non-hydrogen) atoms. The van der Waals surface area contributed by atoms with Crippen LogP contribution in [0.15, 0.2) is 48.5 Å². The van der Waals surface area contributed by atoms with Crippen molar-refractivity contribution in [2.75, 3.05) is 19.6 Å². The molecule has 2 aromatic carbocycles. The van der Waals surface area contributed by atoms with E-state index in [1.807, 2.05) is 18.2 Å². The Morgan fingerprint density at radius 2 is 1.82 bits per heavy atom. The van der Waals surface area contributed by atoms with Gasteiger partial charge in [-0.25, -0.2) is 9.18 Å². The average Bonchev–Trinajstić information content (AvgIpc) is 3.02. The minimum Gasteiger partial charge on any atom is -0.478 e. The Kier molecular flexibility index (Phi) is 6.84. The van der Waals surface area contributed by atoms with Crippen LogP contribution in [-0.2, 0) is 17.8 Å². The number of carbonyl (C=O) groups excluding carboxylic acids is 1. The fraction of sp³-hybridized carbons (Fsp3) is 0.481. The lowest BCUT2D eigenvalue weighted by atomic mass is 9.75. The first-order valence-corrected chi connectivity index (χ1v) is 11.9. The third kappa shape index (κ3) is 5.27. The van der Waals surface area contributed by atoms with E-state index in [1.165, 1.54) is 12.1 Å². The second-order valence-corrected chi connectivity index (χ2v) is 10.1. The van der Waals surface area contributed by atoms with Crippen LogP contribution in [0.3, 0.4) is 0 Å². The summed E-state index contributed by atoms with van der Waals surface area (Å²) in [5.41, 5.74) is 2.04. The van der Waals surface area contributed by atoms with Crippen LogP contribution < -0.4 is 0 Å². The molecule has 5 nitrogen and oxygen atoms in total. The quantitative estimate of drug-likeness (QED) is 0.667. The minimum atomic E-state index is -0.913. The van der Waals surface area contributed by atoms with Crippen molar-refractivity contribution in [3.63, 3.8) is 0 Å². The number of carboxylic acids is 1. The Labute approximate surface area is 195 Å². The number of nitrogens with zero attached hydrogens (tertiary/aromatic N) is 2. The molecule has 1 atom stereocenters.